The molecule has 1 rings (SSSR count). The van der Waals surface area contributed by atoms with Crippen molar-refractivity contribution >= 4 is 5.97 Å². The highest BCUT2D eigenvalue weighted by Crippen LogP contribution is 2.16. The van der Waals surface area contributed by atoms with E-state index < -0.39 is 17.4 Å². The van der Waals surface area contributed by atoms with Gasteiger partial charge < -0.3 is 10.2 Å². The minimum atomic E-state index is -1.86. The first-order valence-electron chi connectivity index (χ1n) is 4.54. The van der Waals surface area contributed by atoms with Crippen LogP contribution in [0.3, 0.4) is 0 Å². The van der Waals surface area contributed by atoms with Crippen LogP contribution in [-0.4, -0.2) is 21.8 Å². The Bertz CT molecular complexity index is 385. The number of benzene rings is 1. The molecule has 15 heavy (non-hydrogen) atoms. The summed E-state index contributed by atoms with van der Waals surface area (Å²) in [7, 11) is 0. The van der Waals surface area contributed by atoms with Gasteiger partial charge in [-0.05, 0) is 31.0 Å². The molecule has 0 aliphatic rings. The van der Waals surface area contributed by atoms with Gasteiger partial charge in [-0.15, -0.1) is 0 Å². The molecule has 0 saturated carbocycles. The van der Waals surface area contributed by atoms with E-state index in [2.05, 4.69) is 0 Å². The number of aryl methyl sites for hydroxylation is 1. The average Bonchev–Trinajstić information content (AvgIpc) is 2.10. The normalized spacial score (nSPS) is 14.7. The van der Waals surface area contributed by atoms with Crippen LogP contribution in [0, 0.1) is 12.7 Å². The van der Waals surface area contributed by atoms with Gasteiger partial charge in [-0.1, -0.05) is 12.1 Å². The molecule has 1 aromatic rings. The Hall–Kier alpha value is -1.42. The highest BCUT2D eigenvalue weighted by atomic mass is 19.1. The molecule has 0 heterocycles. The van der Waals surface area contributed by atoms with E-state index >= 15 is 0 Å². The van der Waals surface area contributed by atoms with Gasteiger partial charge in [0.25, 0.3) is 0 Å². The van der Waals surface area contributed by atoms with Crippen molar-refractivity contribution in [3.8, 4) is 0 Å². The number of aliphatic hydroxyl groups is 1. The molecular formula is C11H13FO3. The number of rotatable bonds is 3. The van der Waals surface area contributed by atoms with E-state index in [9.17, 15) is 14.3 Å². The summed E-state index contributed by atoms with van der Waals surface area (Å²) in [5.41, 5.74) is -0.902. The fourth-order valence-electron chi connectivity index (χ4n) is 1.22. The van der Waals surface area contributed by atoms with Crippen molar-refractivity contribution in [2.45, 2.75) is 25.9 Å². The highest BCUT2D eigenvalue weighted by Gasteiger charge is 2.30. The monoisotopic (exact) mass is 212 g/mol. The Morgan fingerprint density at radius 2 is 2.13 bits per heavy atom. The number of hydrogen-bond donors (Lipinski definition) is 2. The van der Waals surface area contributed by atoms with Crippen LogP contribution in [0.1, 0.15) is 18.1 Å². The lowest BCUT2D eigenvalue weighted by molar-refractivity contribution is -0.156. The van der Waals surface area contributed by atoms with E-state index in [4.69, 9.17) is 5.11 Å². The second-order valence-electron chi connectivity index (χ2n) is 3.84. The molecule has 3 nitrogen and oxygen atoms in total. The van der Waals surface area contributed by atoms with Crippen LogP contribution in [0.25, 0.3) is 0 Å². The Balaban J connectivity index is 2.91. The second kappa shape index (κ2) is 3.98. The predicted molar refractivity (Wildman–Crippen MR) is 53.1 cm³/mol. The number of halogens is 1. The van der Waals surface area contributed by atoms with Crippen LogP contribution in [0.4, 0.5) is 4.39 Å². The number of carbonyl (C=O) groups is 1. The van der Waals surface area contributed by atoms with E-state index in [0.717, 1.165) is 0 Å². The molecule has 0 amide bonds. The topological polar surface area (TPSA) is 57.5 Å². The van der Waals surface area contributed by atoms with Crippen LogP contribution in [0.5, 0.6) is 0 Å². The summed E-state index contributed by atoms with van der Waals surface area (Å²) in [5.74, 6) is -1.71. The summed E-state index contributed by atoms with van der Waals surface area (Å²) in [6.45, 7) is 2.81. The minimum Gasteiger partial charge on any atom is -0.479 e. The maximum absolute atomic E-state index is 13.1. The first-order valence-corrected chi connectivity index (χ1v) is 4.54. The lowest BCUT2D eigenvalue weighted by Gasteiger charge is -2.17. The van der Waals surface area contributed by atoms with Crippen LogP contribution in [0.15, 0.2) is 18.2 Å². The number of carboxylic acid groups (broad SMARTS) is 1. The summed E-state index contributed by atoms with van der Waals surface area (Å²) in [4.78, 5) is 10.6. The molecule has 0 fully saturated rings. The third-order valence-corrected chi connectivity index (χ3v) is 2.25. The lowest BCUT2D eigenvalue weighted by atomic mass is 9.96. The molecule has 0 aromatic heterocycles. The maximum Gasteiger partial charge on any atom is 0.335 e. The smallest absolute Gasteiger partial charge is 0.335 e. The summed E-state index contributed by atoms with van der Waals surface area (Å²) in [6, 6.07) is 4.41. The Kier molecular flexibility index (Phi) is 3.09. The molecule has 82 valence electrons. The molecule has 4 heteroatoms. The Morgan fingerprint density at radius 3 is 2.60 bits per heavy atom. The summed E-state index contributed by atoms with van der Waals surface area (Å²) >= 11 is 0. The van der Waals surface area contributed by atoms with Gasteiger partial charge in [-0.25, -0.2) is 9.18 Å². The van der Waals surface area contributed by atoms with Crippen molar-refractivity contribution in [3.05, 3.63) is 35.1 Å². The zero-order valence-corrected chi connectivity index (χ0v) is 8.62. The van der Waals surface area contributed by atoms with E-state index in [1.165, 1.54) is 13.0 Å². The van der Waals surface area contributed by atoms with E-state index in [1.54, 1.807) is 19.1 Å². The van der Waals surface area contributed by atoms with Crippen molar-refractivity contribution in [3.63, 3.8) is 0 Å². The summed E-state index contributed by atoms with van der Waals surface area (Å²) in [5, 5.41) is 18.2. The molecule has 2 N–H and O–H groups in total. The van der Waals surface area contributed by atoms with Gasteiger partial charge in [0, 0.05) is 6.42 Å². The van der Waals surface area contributed by atoms with Crippen LogP contribution in [-0.2, 0) is 11.2 Å². The molecule has 0 saturated heterocycles. The highest BCUT2D eigenvalue weighted by molar-refractivity contribution is 5.76. The van der Waals surface area contributed by atoms with Gasteiger partial charge in [0.05, 0.1) is 0 Å². The average molecular weight is 212 g/mol. The van der Waals surface area contributed by atoms with Gasteiger partial charge in [-0.2, -0.15) is 0 Å². The van der Waals surface area contributed by atoms with Crippen molar-refractivity contribution in [1.29, 1.82) is 0 Å². The largest absolute Gasteiger partial charge is 0.479 e. The van der Waals surface area contributed by atoms with Crippen LogP contribution >= 0.6 is 0 Å². The summed E-state index contributed by atoms with van der Waals surface area (Å²) in [6.07, 6.45) is -0.112. The third kappa shape index (κ3) is 2.76. The molecule has 1 unspecified atom stereocenters. The van der Waals surface area contributed by atoms with E-state index in [1.807, 2.05) is 0 Å². The van der Waals surface area contributed by atoms with Crippen molar-refractivity contribution < 1.29 is 19.4 Å². The molecule has 1 atom stereocenters. The van der Waals surface area contributed by atoms with Crippen LogP contribution < -0.4 is 0 Å². The second-order valence-corrected chi connectivity index (χ2v) is 3.84. The number of aliphatic carboxylic acids is 1. The lowest BCUT2D eigenvalue weighted by Crippen LogP contribution is -2.37. The number of hydrogen-bond acceptors (Lipinski definition) is 2. The molecule has 0 spiro atoms. The Labute approximate surface area is 87.2 Å². The molecule has 0 aliphatic heterocycles. The standard InChI is InChI=1S/C11H13FO3/c1-7-3-4-8(5-9(7)12)6-11(2,15)10(13)14/h3-5,15H,6H2,1-2H3,(H,13,14). The fraction of sp³-hybridized carbons (Fsp3) is 0.364. The minimum absolute atomic E-state index is 0.112. The SMILES string of the molecule is Cc1ccc(CC(C)(O)C(=O)O)cc1F. The van der Waals surface area contributed by atoms with Crippen molar-refractivity contribution in [2.75, 3.05) is 0 Å². The molecule has 0 radical (unpaired) electrons. The zero-order chi connectivity index (χ0) is 11.6. The van der Waals surface area contributed by atoms with Gasteiger partial charge in [-0.3, -0.25) is 0 Å². The maximum atomic E-state index is 13.1. The first-order chi connectivity index (χ1) is 6.83. The van der Waals surface area contributed by atoms with E-state index in [0.29, 0.717) is 11.1 Å². The third-order valence-electron chi connectivity index (χ3n) is 2.25. The fourth-order valence-corrected chi connectivity index (χ4v) is 1.22. The van der Waals surface area contributed by atoms with E-state index in [-0.39, 0.29) is 6.42 Å². The predicted octanol–water partition coefficient (Wildman–Crippen LogP) is 1.51. The summed E-state index contributed by atoms with van der Waals surface area (Å²) < 4.78 is 13.1. The quantitative estimate of drug-likeness (QED) is 0.798. The number of carboxylic acids is 1. The zero-order valence-electron chi connectivity index (χ0n) is 8.62. The van der Waals surface area contributed by atoms with Gasteiger partial charge >= 0.3 is 5.97 Å². The first kappa shape index (κ1) is 11.7. The van der Waals surface area contributed by atoms with Crippen molar-refractivity contribution in [2.24, 2.45) is 0 Å². The van der Waals surface area contributed by atoms with Crippen molar-refractivity contribution in [1.82, 2.24) is 0 Å². The molecule has 1 aromatic carbocycles. The molecule has 0 bridgehead atoms. The molecular weight excluding hydrogens is 199 g/mol. The molecule has 0 aliphatic carbocycles. The van der Waals surface area contributed by atoms with Gasteiger partial charge in [0.15, 0.2) is 5.60 Å². The Morgan fingerprint density at radius 1 is 1.53 bits per heavy atom. The van der Waals surface area contributed by atoms with Gasteiger partial charge in [0.1, 0.15) is 5.82 Å². The van der Waals surface area contributed by atoms with Crippen LogP contribution in [0.2, 0.25) is 0 Å². The van der Waals surface area contributed by atoms with Gasteiger partial charge in [0.2, 0.25) is 0 Å².